The Morgan fingerprint density at radius 2 is 1.96 bits per heavy atom. The van der Waals surface area contributed by atoms with Gasteiger partial charge in [-0.15, -0.1) is 0 Å². The Hall–Kier alpha value is -2.48. The van der Waals surface area contributed by atoms with Gasteiger partial charge in [0.2, 0.25) is 0 Å². The van der Waals surface area contributed by atoms with Crippen LogP contribution in [0.2, 0.25) is 0 Å². The van der Waals surface area contributed by atoms with Crippen molar-refractivity contribution in [1.29, 1.82) is 0 Å². The van der Waals surface area contributed by atoms with E-state index in [0.29, 0.717) is 23.7 Å². The fourth-order valence-corrected chi connectivity index (χ4v) is 3.01. The monoisotopic (exact) mass is 365 g/mol. The van der Waals surface area contributed by atoms with Crippen LogP contribution in [0.3, 0.4) is 0 Å². The number of hydrogen-bond donors (Lipinski definition) is 0. The third-order valence-corrected chi connectivity index (χ3v) is 4.16. The van der Waals surface area contributed by atoms with Gasteiger partial charge in [0.25, 0.3) is 11.1 Å². The number of ether oxygens (including phenoxy) is 3. The molecular weight excluding hydrogens is 346 g/mol. The summed E-state index contributed by atoms with van der Waals surface area (Å²) < 4.78 is 15.5. The average Bonchev–Trinajstić information content (AvgIpc) is 2.83. The minimum atomic E-state index is -0.617. The lowest BCUT2D eigenvalue weighted by molar-refractivity contribution is -0.145. The second-order valence-corrected chi connectivity index (χ2v) is 5.91. The summed E-state index contributed by atoms with van der Waals surface area (Å²) in [6, 6.07) is 5.20. The number of carbonyl (C=O) groups excluding carboxylic acids is 3. The highest BCUT2D eigenvalue weighted by Crippen LogP contribution is 2.34. The fraction of sp³-hybridized carbons (Fsp3) is 0.353. The van der Waals surface area contributed by atoms with Crippen LogP contribution >= 0.6 is 11.8 Å². The SMILES string of the molecule is CCOC(=O)CN1C(=O)S/C(=C/c2ccc(OC)c(OCC)c2)C1=O. The quantitative estimate of drug-likeness (QED) is 0.543. The zero-order valence-corrected chi connectivity index (χ0v) is 15.1. The number of nitrogens with zero attached hydrogens (tertiary/aromatic N) is 1. The molecule has 7 nitrogen and oxygen atoms in total. The molecule has 1 heterocycles. The lowest BCUT2D eigenvalue weighted by Gasteiger charge is -2.11. The Balaban J connectivity index is 2.21. The second kappa shape index (κ2) is 8.57. The topological polar surface area (TPSA) is 82.1 Å². The van der Waals surface area contributed by atoms with Crippen molar-refractivity contribution in [3.8, 4) is 11.5 Å². The number of benzene rings is 1. The van der Waals surface area contributed by atoms with E-state index >= 15 is 0 Å². The molecule has 1 aromatic rings. The zero-order chi connectivity index (χ0) is 18.4. The van der Waals surface area contributed by atoms with Crippen molar-refractivity contribution in [2.75, 3.05) is 26.9 Å². The van der Waals surface area contributed by atoms with Crippen molar-refractivity contribution in [2.24, 2.45) is 0 Å². The van der Waals surface area contributed by atoms with E-state index in [2.05, 4.69) is 0 Å². The van der Waals surface area contributed by atoms with Gasteiger partial charge in [-0.25, -0.2) is 0 Å². The maximum absolute atomic E-state index is 12.3. The van der Waals surface area contributed by atoms with E-state index in [1.807, 2.05) is 6.92 Å². The van der Waals surface area contributed by atoms with Gasteiger partial charge in [-0.3, -0.25) is 19.3 Å². The number of hydrogen-bond acceptors (Lipinski definition) is 7. The number of amides is 2. The van der Waals surface area contributed by atoms with E-state index in [0.717, 1.165) is 16.7 Å². The molecule has 1 fully saturated rings. The highest BCUT2D eigenvalue weighted by atomic mass is 32.2. The Bertz CT molecular complexity index is 715. The highest BCUT2D eigenvalue weighted by Gasteiger charge is 2.36. The van der Waals surface area contributed by atoms with Gasteiger partial charge in [-0.2, -0.15) is 0 Å². The van der Waals surface area contributed by atoms with Gasteiger partial charge in [0, 0.05) is 0 Å². The van der Waals surface area contributed by atoms with Crippen molar-refractivity contribution in [3.63, 3.8) is 0 Å². The first-order valence-corrected chi connectivity index (χ1v) is 8.53. The lowest BCUT2D eigenvalue weighted by Crippen LogP contribution is -2.34. The maximum Gasteiger partial charge on any atom is 0.326 e. The molecule has 1 aliphatic rings. The zero-order valence-electron chi connectivity index (χ0n) is 14.2. The fourth-order valence-electron chi connectivity index (χ4n) is 2.17. The van der Waals surface area contributed by atoms with Crippen LogP contribution in [0.1, 0.15) is 19.4 Å². The average molecular weight is 365 g/mol. The maximum atomic E-state index is 12.3. The lowest BCUT2D eigenvalue weighted by atomic mass is 10.2. The van der Waals surface area contributed by atoms with Crippen molar-refractivity contribution in [1.82, 2.24) is 4.90 Å². The third-order valence-electron chi connectivity index (χ3n) is 3.25. The first-order chi connectivity index (χ1) is 12.0. The molecular formula is C17H19NO6S. The minimum absolute atomic E-state index is 0.191. The first kappa shape index (κ1) is 18.9. The van der Waals surface area contributed by atoms with Crippen LogP contribution in [0.4, 0.5) is 4.79 Å². The summed E-state index contributed by atoms with van der Waals surface area (Å²) in [6.07, 6.45) is 1.58. The van der Waals surface area contributed by atoms with Crippen LogP contribution in [0.25, 0.3) is 6.08 Å². The molecule has 134 valence electrons. The van der Waals surface area contributed by atoms with Gasteiger partial charge in [0.1, 0.15) is 6.54 Å². The van der Waals surface area contributed by atoms with Crippen LogP contribution in [0.15, 0.2) is 23.1 Å². The largest absolute Gasteiger partial charge is 0.493 e. The van der Waals surface area contributed by atoms with Crippen LogP contribution in [-0.4, -0.2) is 48.9 Å². The molecule has 0 atom stereocenters. The normalized spacial score (nSPS) is 15.6. The Labute approximate surface area is 149 Å². The molecule has 0 aromatic heterocycles. The molecule has 0 N–H and O–H groups in total. The van der Waals surface area contributed by atoms with Crippen molar-refractivity contribution in [2.45, 2.75) is 13.8 Å². The van der Waals surface area contributed by atoms with Gasteiger partial charge in [-0.1, -0.05) is 6.07 Å². The summed E-state index contributed by atoms with van der Waals surface area (Å²) in [7, 11) is 1.54. The molecule has 0 saturated carbocycles. The summed E-state index contributed by atoms with van der Waals surface area (Å²) in [5, 5.41) is -0.497. The summed E-state index contributed by atoms with van der Waals surface area (Å²) in [5.74, 6) is -0.00937. The molecule has 25 heavy (non-hydrogen) atoms. The minimum Gasteiger partial charge on any atom is -0.493 e. The molecule has 2 amide bonds. The van der Waals surface area contributed by atoms with E-state index in [1.54, 1.807) is 31.2 Å². The molecule has 1 saturated heterocycles. The van der Waals surface area contributed by atoms with Gasteiger partial charge >= 0.3 is 5.97 Å². The summed E-state index contributed by atoms with van der Waals surface area (Å²) in [6.45, 7) is 3.79. The Morgan fingerprint density at radius 3 is 2.60 bits per heavy atom. The molecule has 1 aromatic carbocycles. The molecule has 2 rings (SSSR count). The van der Waals surface area contributed by atoms with Crippen LogP contribution in [0, 0.1) is 0 Å². The van der Waals surface area contributed by atoms with Crippen molar-refractivity contribution >= 4 is 35.0 Å². The van der Waals surface area contributed by atoms with E-state index in [9.17, 15) is 14.4 Å². The van der Waals surface area contributed by atoms with E-state index in [1.165, 1.54) is 7.11 Å². The number of imide groups is 1. The summed E-state index contributed by atoms with van der Waals surface area (Å²) >= 11 is 0.785. The molecule has 0 radical (unpaired) electrons. The Morgan fingerprint density at radius 1 is 1.20 bits per heavy atom. The Kier molecular flexibility index (Phi) is 6.46. The smallest absolute Gasteiger partial charge is 0.326 e. The van der Waals surface area contributed by atoms with Crippen LogP contribution in [-0.2, 0) is 14.3 Å². The molecule has 0 aliphatic carbocycles. The number of esters is 1. The van der Waals surface area contributed by atoms with E-state index in [4.69, 9.17) is 14.2 Å². The number of thioether (sulfide) groups is 1. The van der Waals surface area contributed by atoms with Gasteiger partial charge in [-0.05, 0) is 49.4 Å². The van der Waals surface area contributed by atoms with E-state index in [-0.39, 0.29) is 18.1 Å². The molecule has 1 aliphatic heterocycles. The van der Waals surface area contributed by atoms with Gasteiger partial charge in [0.05, 0.1) is 25.2 Å². The van der Waals surface area contributed by atoms with Crippen LogP contribution in [0.5, 0.6) is 11.5 Å². The summed E-state index contributed by atoms with van der Waals surface area (Å²) in [4.78, 5) is 36.9. The molecule has 0 bridgehead atoms. The van der Waals surface area contributed by atoms with Crippen molar-refractivity contribution in [3.05, 3.63) is 28.7 Å². The van der Waals surface area contributed by atoms with E-state index < -0.39 is 17.1 Å². The van der Waals surface area contributed by atoms with Gasteiger partial charge < -0.3 is 14.2 Å². The van der Waals surface area contributed by atoms with Crippen LogP contribution < -0.4 is 9.47 Å². The highest BCUT2D eigenvalue weighted by molar-refractivity contribution is 8.18. The number of rotatable bonds is 7. The third kappa shape index (κ3) is 4.54. The first-order valence-electron chi connectivity index (χ1n) is 7.72. The molecule has 0 unspecified atom stereocenters. The summed E-state index contributed by atoms with van der Waals surface area (Å²) in [5.41, 5.74) is 0.686. The molecule has 8 heteroatoms. The number of methoxy groups -OCH3 is 1. The molecule has 0 spiro atoms. The predicted molar refractivity (Wildman–Crippen MR) is 93.5 cm³/mol. The standard InChI is InChI=1S/C17H19NO6S/c1-4-23-13-8-11(6-7-12(13)22-3)9-14-16(20)18(17(21)25-14)10-15(19)24-5-2/h6-9H,4-5,10H2,1-3H3/b14-9+. The predicted octanol–water partition coefficient (Wildman–Crippen LogP) is 2.69. The van der Waals surface area contributed by atoms with Gasteiger partial charge in [0.15, 0.2) is 11.5 Å². The second-order valence-electron chi connectivity index (χ2n) is 4.92. The van der Waals surface area contributed by atoms with Crippen molar-refractivity contribution < 1.29 is 28.6 Å². The number of carbonyl (C=O) groups is 3.